The van der Waals surface area contributed by atoms with Gasteiger partial charge in [-0.1, -0.05) is 23.8 Å². The van der Waals surface area contributed by atoms with E-state index in [-0.39, 0.29) is 46.1 Å². The number of aryl methyl sites for hydroxylation is 1. The average molecular weight is 533 g/mol. The van der Waals surface area contributed by atoms with Crippen molar-refractivity contribution >= 4 is 44.5 Å². The van der Waals surface area contributed by atoms with Gasteiger partial charge in [0.2, 0.25) is 11.8 Å². The minimum absolute atomic E-state index is 0.00427. The second-order valence-corrected chi connectivity index (χ2v) is 11.6. The highest BCUT2D eigenvalue weighted by molar-refractivity contribution is 7.86. The van der Waals surface area contributed by atoms with Crippen LogP contribution in [0.4, 0.5) is 0 Å². The fraction of sp³-hybridized carbons (Fsp3) is 0.333. The average Bonchev–Trinajstić information content (AvgIpc) is 3.09. The fourth-order valence-corrected chi connectivity index (χ4v) is 6.34. The summed E-state index contributed by atoms with van der Waals surface area (Å²) in [5, 5.41) is 2.14. The van der Waals surface area contributed by atoms with Crippen molar-refractivity contribution in [2.45, 2.75) is 48.4 Å². The summed E-state index contributed by atoms with van der Waals surface area (Å²) in [4.78, 5) is 50.8. The van der Waals surface area contributed by atoms with Crippen LogP contribution in [0.25, 0.3) is 0 Å². The van der Waals surface area contributed by atoms with Crippen molar-refractivity contribution in [1.29, 1.82) is 0 Å². The van der Waals surface area contributed by atoms with Crippen LogP contribution in [0.1, 0.15) is 52.0 Å². The summed E-state index contributed by atoms with van der Waals surface area (Å²) in [6.45, 7) is 1.75. The second kappa shape index (κ2) is 10.4. The van der Waals surface area contributed by atoms with Gasteiger partial charge in [0.05, 0.1) is 38.3 Å². The molecule has 36 heavy (non-hydrogen) atoms. The lowest BCUT2D eigenvalue weighted by Gasteiger charge is -2.27. The molecular weight excluding hydrogens is 508 g/mol. The molecule has 2 aromatic rings. The van der Waals surface area contributed by atoms with Gasteiger partial charge in [-0.15, -0.1) is 0 Å². The van der Waals surface area contributed by atoms with Gasteiger partial charge in [-0.3, -0.25) is 37.8 Å². The van der Waals surface area contributed by atoms with Gasteiger partial charge in [0.25, 0.3) is 21.9 Å². The molecule has 4 amide bonds. The van der Waals surface area contributed by atoms with Crippen LogP contribution >= 0.6 is 0 Å². The largest absolute Gasteiger partial charge is 0.296 e. The first-order valence-corrected chi connectivity index (χ1v) is 14.0. The van der Waals surface area contributed by atoms with Gasteiger partial charge in [-0.05, 0) is 50.5 Å². The molecule has 0 saturated carbocycles. The van der Waals surface area contributed by atoms with Crippen LogP contribution in [0.2, 0.25) is 0 Å². The number of imide groups is 2. The minimum Gasteiger partial charge on any atom is -0.295 e. The van der Waals surface area contributed by atoms with E-state index in [2.05, 4.69) is 5.32 Å². The Labute approximate surface area is 210 Å². The summed E-state index contributed by atoms with van der Waals surface area (Å²) in [5.74, 6) is -2.46. The number of amides is 4. The van der Waals surface area contributed by atoms with Gasteiger partial charge >= 0.3 is 0 Å². The summed E-state index contributed by atoms with van der Waals surface area (Å²) in [7, 11) is -5.55. The molecule has 4 rings (SSSR count). The van der Waals surface area contributed by atoms with Crippen LogP contribution in [-0.4, -0.2) is 59.6 Å². The first-order valence-electron chi connectivity index (χ1n) is 11.3. The highest BCUT2D eigenvalue weighted by Gasteiger charge is 2.46. The van der Waals surface area contributed by atoms with Gasteiger partial charge in [0.1, 0.15) is 6.04 Å². The van der Waals surface area contributed by atoms with E-state index in [4.69, 9.17) is 4.18 Å². The maximum absolute atomic E-state index is 13.1. The van der Waals surface area contributed by atoms with E-state index in [9.17, 15) is 31.8 Å². The fourth-order valence-electron chi connectivity index (χ4n) is 4.06. The Morgan fingerprint density at radius 2 is 1.75 bits per heavy atom. The third kappa shape index (κ3) is 5.15. The monoisotopic (exact) mass is 532 g/mol. The number of nitrogens with zero attached hydrogens (tertiary/aromatic N) is 1. The maximum atomic E-state index is 13.1. The second-order valence-electron chi connectivity index (χ2n) is 8.47. The lowest BCUT2D eigenvalue weighted by molar-refractivity contribution is -0.136. The van der Waals surface area contributed by atoms with Crippen LogP contribution in [0, 0.1) is 6.92 Å². The first-order chi connectivity index (χ1) is 17.1. The summed E-state index contributed by atoms with van der Waals surface area (Å²) >= 11 is 0. The van der Waals surface area contributed by atoms with Crippen LogP contribution in [-0.2, 0) is 34.7 Å². The van der Waals surface area contributed by atoms with E-state index in [0.717, 1.165) is 10.5 Å². The molecule has 10 nitrogen and oxygen atoms in total. The molecule has 1 fully saturated rings. The zero-order chi connectivity index (χ0) is 26.0. The number of rotatable bonds is 9. The summed E-state index contributed by atoms with van der Waals surface area (Å²) in [5.41, 5.74) is 0.969. The Bertz CT molecular complexity index is 1370. The van der Waals surface area contributed by atoms with E-state index in [1.54, 1.807) is 12.1 Å². The number of carbonyl (C=O) groups excluding carboxylic acids is 4. The number of nitrogens with one attached hydrogen (secondary N) is 1. The normalized spacial score (nSPS) is 18.8. The van der Waals surface area contributed by atoms with Crippen molar-refractivity contribution in [3.8, 4) is 0 Å². The Morgan fingerprint density at radius 1 is 1.03 bits per heavy atom. The lowest BCUT2D eigenvalue weighted by atomic mass is 10.0. The third-order valence-corrected chi connectivity index (χ3v) is 8.76. The van der Waals surface area contributed by atoms with Crippen LogP contribution in [0.5, 0.6) is 0 Å². The zero-order valence-electron chi connectivity index (χ0n) is 19.4. The Morgan fingerprint density at radius 3 is 2.44 bits per heavy atom. The molecule has 0 bridgehead atoms. The molecule has 2 atom stereocenters. The molecule has 1 N–H and O–H groups in total. The number of hydrogen-bond acceptors (Lipinski definition) is 8. The smallest absolute Gasteiger partial charge is 0.295 e. The van der Waals surface area contributed by atoms with Crippen molar-refractivity contribution in [3.63, 3.8) is 0 Å². The summed E-state index contributed by atoms with van der Waals surface area (Å²) in [6, 6.07) is 9.61. The highest BCUT2D eigenvalue weighted by atomic mass is 32.2. The molecule has 190 valence electrons. The third-order valence-electron chi connectivity index (χ3n) is 5.95. The van der Waals surface area contributed by atoms with E-state index in [0.29, 0.717) is 12.8 Å². The molecule has 1 saturated heterocycles. The quantitative estimate of drug-likeness (QED) is 0.292. The summed E-state index contributed by atoms with van der Waals surface area (Å²) < 4.78 is 42.6. The molecule has 0 radical (unpaired) electrons. The molecule has 12 heteroatoms. The molecule has 0 aliphatic carbocycles. The van der Waals surface area contributed by atoms with Gasteiger partial charge in [0.15, 0.2) is 0 Å². The molecule has 2 aromatic carbocycles. The van der Waals surface area contributed by atoms with Gasteiger partial charge in [0, 0.05) is 12.2 Å². The number of benzene rings is 2. The lowest BCUT2D eigenvalue weighted by Crippen LogP contribution is -2.54. The summed E-state index contributed by atoms with van der Waals surface area (Å²) in [6.07, 6.45) is 0.685. The number of carbonyl (C=O) groups is 4. The number of hydrogen-bond donors (Lipinski definition) is 1. The number of unbranched alkanes of at least 4 members (excludes halogenated alkanes) is 1. The van der Waals surface area contributed by atoms with Crippen LogP contribution in [0.15, 0.2) is 52.3 Å². The van der Waals surface area contributed by atoms with Crippen LogP contribution < -0.4 is 5.32 Å². The number of fused-ring (bicyclic) bond motifs is 1. The molecule has 0 spiro atoms. The standard InChI is InChI=1S/C24H24N2O8S2/c1-15-7-9-16(10-8-15)36(32,33)34-13-2-3-14-35(31)19-6-4-5-17-21(19)24(30)26(23(17)29)18-11-12-20(27)25-22(18)28/h4-10,18H,2-3,11-14H2,1H3,(H,25,27,28). The van der Waals surface area contributed by atoms with E-state index >= 15 is 0 Å². The van der Waals surface area contributed by atoms with Crippen molar-refractivity contribution in [3.05, 3.63) is 59.2 Å². The SMILES string of the molecule is Cc1ccc(S(=O)(=O)OCCCCS(=O)c2cccc3c2C(=O)N(C2CCC(=O)NC2=O)C3=O)cc1. The van der Waals surface area contributed by atoms with Gasteiger partial charge in [-0.25, -0.2) is 0 Å². The molecular formula is C24H24N2O8S2. The predicted octanol–water partition coefficient (Wildman–Crippen LogP) is 1.69. The van der Waals surface area contributed by atoms with E-state index < -0.39 is 50.6 Å². The van der Waals surface area contributed by atoms with Crippen molar-refractivity contribution < 1.29 is 36.0 Å². The van der Waals surface area contributed by atoms with Crippen molar-refractivity contribution in [2.75, 3.05) is 12.4 Å². The Kier molecular flexibility index (Phi) is 7.48. The molecule has 0 aromatic heterocycles. The van der Waals surface area contributed by atoms with Gasteiger partial charge in [-0.2, -0.15) is 8.42 Å². The maximum Gasteiger partial charge on any atom is 0.296 e. The van der Waals surface area contributed by atoms with E-state index in [1.807, 2.05) is 6.92 Å². The van der Waals surface area contributed by atoms with Gasteiger partial charge < -0.3 is 0 Å². The molecule has 2 heterocycles. The molecule has 2 aliphatic heterocycles. The molecule has 2 unspecified atom stereocenters. The first kappa shape index (κ1) is 25.9. The Hall–Kier alpha value is -3.22. The topological polar surface area (TPSA) is 144 Å². The Balaban J connectivity index is 1.38. The minimum atomic E-state index is -3.89. The van der Waals surface area contributed by atoms with Crippen molar-refractivity contribution in [2.24, 2.45) is 0 Å². The van der Waals surface area contributed by atoms with Crippen molar-refractivity contribution in [1.82, 2.24) is 10.2 Å². The predicted molar refractivity (Wildman–Crippen MR) is 128 cm³/mol. The highest BCUT2D eigenvalue weighted by Crippen LogP contribution is 2.31. The van der Waals surface area contributed by atoms with E-state index in [1.165, 1.54) is 30.3 Å². The van der Waals surface area contributed by atoms with Crippen LogP contribution in [0.3, 0.4) is 0 Å². The number of piperidine rings is 1. The zero-order valence-corrected chi connectivity index (χ0v) is 21.0. The molecule has 2 aliphatic rings.